The summed E-state index contributed by atoms with van der Waals surface area (Å²) in [5.41, 5.74) is 3.16. The Hall–Kier alpha value is -3.81. The predicted molar refractivity (Wildman–Crippen MR) is 134 cm³/mol. The summed E-state index contributed by atoms with van der Waals surface area (Å²) in [7, 11) is 0. The summed E-state index contributed by atoms with van der Waals surface area (Å²) in [6.07, 6.45) is 0. The maximum Gasteiger partial charge on any atom is 0.276 e. The molecule has 0 aliphatic carbocycles. The van der Waals surface area contributed by atoms with Crippen molar-refractivity contribution in [3.63, 3.8) is 0 Å². The number of nitrogens with one attached hydrogen (secondary N) is 2. The van der Waals surface area contributed by atoms with Gasteiger partial charge in [-0.15, -0.1) is 0 Å². The highest BCUT2D eigenvalue weighted by Crippen LogP contribution is 2.17. The molecule has 1 saturated heterocycles. The minimum Gasteiger partial charge on any atom is -0.321 e. The van der Waals surface area contributed by atoms with Crippen LogP contribution in [0.15, 0.2) is 83.7 Å². The summed E-state index contributed by atoms with van der Waals surface area (Å²) in [5.74, 6) is -0.352. The molecule has 0 saturated carbocycles. The predicted octanol–water partition coefficient (Wildman–Crippen LogP) is 3.49. The van der Waals surface area contributed by atoms with Gasteiger partial charge in [-0.2, -0.15) is 5.10 Å². The van der Waals surface area contributed by atoms with Gasteiger partial charge in [-0.05, 0) is 29.3 Å². The highest BCUT2D eigenvalue weighted by Gasteiger charge is 2.17. The molecular formula is C27H27N5O2. The molecule has 0 unspecified atom stereocenters. The third-order valence-corrected chi connectivity index (χ3v) is 6.24. The number of rotatable bonds is 6. The Morgan fingerprint density at radius 2 is 1.32 bits per heavy atom. The van der Waals surface area contributed by atoms with Crippen molar-refractivity contribution in [1.29, 1.82) is 0 Å². The molecule has 0 radical (unpaired) electrons. The summed E-state index contributed by atoms with van der Waals surface area (Å²) in [6.45, 7) is 6.08. The zero-order chi connectivity index (χ0) is 23.3. The molecule has 2 N–H and O–H groups in total. The van der Waals surface area contributed by atoms with E-state index in [-0.39, 0.29) is 17.2 Å². The van der Waals surface area contributed by atoms with E-state index in [0.717, 1.165) is 39.3 Å². The van der Waals surface area contributed by atoms with Crippen LogP contribution < -0.4 is 10.9 Å². The first-order valence-corrected chi connectivity index (χ1v) is 11.5. The van der Waals surface area contributed by atoms with E-state index in [1.807, 2.05) is 24.3 Å². The lowest BCUT2D eigenvalue weighted by Gasteiger charge is -2.34. The molecule has 3 aromatic carbocycles. The second kappa shape index (κ2) is 9.99. The Balaban J connectivity index is 1.16. The zero-order valence-electron chi connectivity index (χ0n) is 18.9. The fourth-order valence-electron chi connectivity index (χ4n) is 4.38. The first-order chi connectivity index (χ1) is 16.7. The number of benzene rings is 3. The Morgan fingerprint density at radius 1 is 0.765 bits per heavy atom. The molecule has 34 heavy (non-hydrogen) atoms. The number of fused-ring (bicyclic) bond motifs is 1. The van der Waals surface area contributed by atoms with Crippen molar-refractivity contribution in [2.45, 2.75) is 13.1 Å². The van der Waals surface area contributed by atoms with Crippen LogP contribution in [0.4, 0.5) is 5.69 Å². The van der Waals surface area contributed by atoms with Crippen molar-refractivity contribution in [3.05, 3.63) is 106 Å². The Labute approximate surface area is 198 Å². The minimum absolute atomic E-state index is 0.202. The first kappa shape index (κ1) is 22.0. The van der Waals surface area contributed by atoms with E-state index >= 15 is 0 Å². The average molecular weight is 454 g/mol. The zero-order valence-corrected chi connectivity index (χ0v) is 18.9. The normalized spacial score (nSPS) is 14.8. The van der Waals surface area contributed by atoms with Crippen molar-refractivity contribution in [2.24, 2.45) is 0 Å². The van der Waals surface area contributed by atoms with Crippen LogP contribution in [-0.2, 0) is 13.1 Å². The van der Waals surface area contributed by atoms with Crippen LogP contribution in [0.3, 0.4) is 0 Å². The van der Waals surface area contributed by atoms with Gasteiger partial charge in [0.1, 0.15) is 0 Å². The third-order valence-electron chi connectivity index (χ3n) is 6.24. The van der Waals surface area contributed by atoms with Gasteiger partial charge in [0.05, 0.1) is 5.39 Å². The van der Waals surface area contributed by atoms with E-state index in [2.05, 4.69) is 55.6 Å². The maximum absolute atomic E-state index is 12.8. The van der Waals surface area contributed by atoms with Crippen LogP contribution in [0.1, 0.15) is 21.6 Å². The lowest BCUT2D eigenvalue weighted by molar-refractivity contribution is 0.102. The van der Waals surface area contributed by atoms with Crippen LogP contribution >= 0.6 is 0 Å². The van der Waals surface area contributed by atoms with Gasteiger partial charge in [0, 0.05) is 50.3 Å². The van der Waals surface area contributed by atoms with Crippen LogP contribution in [0.5, 0.6) is 0 Å². The van der Waals surface area contributed by atoms with Gasteiger partial charge in [-0.3, -0.25) is 19.4 Å². The highest BCUT2D eigenvalue weighted by atomic mass is 16.2. The Morgan fingerprint density at radius 3 is 1.97 bits per heavy atom. The second-order valence-corrected chi connectivity index (χ2v) is 8.64. The van der Waals surface area contributed by atoms with Crippen LogP contribution in [0.2, 0.25) is 0 Å². The van der Waals surface area contributed by atoms with Gasteiger partial charge < -0.3 is 5.32 Å². The van der Waals surface area contributed by atoms with Crippen molar-refractivity contribution in [2.75, 3.05) is 31.5 Å². The quantitative estimate of drug-likeness (QED) is 0.467. The van der Waals surface area contributed by atoms with Gasteiger partial charge in [0.2, 0.25) is 0 Å². The van der Waals surface area contributed by atoms with Crippen LogP contribution in [-0.4, -0.2) is 52.1 Å². The van der Waals surface area contributed by atoms with E-state index in [1.165, 1.54) is 11.1 Å². The molecule has 7 heteroatoms. The van der Waals surface area contributed by atoms with Gasteiger partial charge >= 0.3 is 0 Å². The lowest BCUT2D eigenvalue weighted by Crippen LogP contribution is -2.45. The van der Waals surface area contributed by atoms with E-state index in [0.29, 0.717) is 16.5 Å². The average Bonchev–Trinajstić information content (AvgIpc) is 2.87. The first-order valence-electron chi connectivity index (χ1n) is 11.5. The molecular weight excluding hydrogens is 426 g/mol. The molecule has 1 aliphatic rings. The summed E-state index contributed by atoms with van der Waals surface area (Å²) in [6, 6.07) is 25.5. The number of piperazine rings is 1. The number of amides is 1. The SMILES string of the molecule is O=C(Nc1ccc(CN2CCN(Cc3ccccc3)CC2)cc1)c1n[nH]c(=O)c2ccccc12. The number of carbonyl (C=O) groups excluding carboxylic acids is 1. The lowest BCUT2D eigenvalue weighted by atomic mass is 10.1. The number of H-pyrrole nitrogens is 1. The Kier molecular flexibility index (Phi) is 6.46. The fourth-order valence-corrected chi connectivity index (χ4v) is 4.38. The highest BCUT2D eigenvalue weighted by molar-refractivity contribution is 6.11. The topological polar surface area (TPSA) is 81.3 Å². The van der Waals surface area contributed by atoms with Gasteiger partial charge in [0.25, 0.3) is 11.5 Å². The molecule has 1 aliphatic heterocycles. The second-order valence-electron chi connectivity index (χ2n) is 8.64. The number of aromatic amines is 1. The van der Waals surface area contributed by atoms with E-state index < -0.39 is 0 Å². The number of carbonyl (C=O) groups is 1. The van der Waals surface area contributed by atoms with Gasteiger partial charge in [-0.25, -0.2) is 5.10 Å². The van der Waals surface area contributed by atoms with Crippen molar-refractivity contribution in [1.82, 2.24) is 20.0 Å². The van der Waals surface area contributed by atoms with E-state index in [9.17, 15) is 9.59 Å². The van der Waals surface area contributed by atoms with Crippen molar-refractivity contribution < 1.29 is 4.79 Å². The van der Waals surface area contributed by atoms with Crippen LogP contribution in [0, 0.1) is 0 Å². The molecule has 0 bridgehead atoms. The number of anilines is 1. The molecule has 1 aromatic heterocycles. The number of hydrogen-bond acceptors (Lipinski definition) is 5. The number of nitrogens with zero attached hydrogens (tertiary/aromatic N) is 3. The summed E-state index contributed by atoms with van der Waals surface area (Å²) in [4.78, 5) is 29.7. The molecule has 0 spiro atoms. The molecule has 1 amide bonds. The fraction of sp³-hybridized carbons (Fsp3) is 0.222. The molecule has 7 nitrogen and oxygen atoms in total. The standard InChI is InChI=1S/C27H27N5O2/c33-26-24-9-5-4-8-23(24)25(29-30-26)27(34)28-22-12-10-21(11-13-22)19-32-16-14-31(15-17-32)18-20-6-2-1-3-7-20/h1-13H,14-19H2,(H,28,34)(H,30,33). The van der Waals surface area contributed by atoms with Crippen LogP contribution in [0.25, 0.3) is 10.8 Å². The molecule has 0 atom stereocenters. The largest absolute Gasteiger partial charge is 0.321 e. The maximum atomic E-state index is 12.8. The van der Waals surface area contributed by atoms with Crippen molar-refractivity contribution >= 4 is 22.4 Å². The van der Waals surface area contributed by atoms with E-state index in [4.69, 9.17) is 0 Å². The molecule has 5 rings (SSSR count). The van der Waals surface area contributed by atoms with Crippen molar-refractivity contribution in [3.8, 4) is 0 Å². The third kappa shape index (κ3) is 5.06. The molecule has 2 heterocycles. The summed E-state index contributed by atoms with van der Waals surface area (Å²) >= 11 is 0. The van der Waals surface area contributed by atoms with Gasteiger partial charge in [-0.1, -0.05) is 60.7 Å². The Bertz CT molecular complexity index is 1330. The monoisotopic (exact) mass is 453 g/mol. The minimum atomic E-state index is -0.352. The number of hydrogen-bond donors (Lipinski definition) is 2. The number of aromatic nitrogens is 2. The molecule has 4 aromatic rings. The van der Waals surface area contributed by atoms with E-state index in [1.54, 1.807) is 24.3 Å². The van der Waals surface area contributed by atoms with Gasteiger partial charge in [0.15, 0.2) is 5.69 Å². The summed E-state index contributed by atoms with van der Waals surface area (Å²) < 4.78 is 0. The summed E-state index contributed by atoms with van der Waals surface area (Å²) in [5, 5.41) is 10.2. The molecule has 172 valence electrons. The molecule has 1 fully saturated rings. The smallest absolute Gasteiger partial charge is 0.276 e.